The molecule has 1 aliphatic heterocycles. The predicted octanol–water partition coefficient (Wildman–Crippen LogP) is 2.51. The molecule has 0 radical (unpaired) electrons. The van der Waals surface area contributed by atoms with Gasteiger partial charge in [-0.3, -0.25) is 10.1 Å². The Balaban J connectivity index is 2.23. The minimum atomic E-state index is -0.336. The fourth-order valence-corrected chi connectivity index (χ4v) is 3.19. The van der Waals surface area contributed by atoms with Crippen LogP contribution in [0.1, 0.15) is 59.8 Å². The second-order valence-electron chi connectivity index (χ2n) is 6.17. The third-order valence-electron chi connectivity index (χ3n) is 4.53. The summed E-state index contributed by atoms with van der Waals surface area (Å²) in [4.78, 5) is 14.8. The molecule has 1 saturated carbocycles. The Labute approximate surface area is 105 Å². The fourth-order valence-electron chi connectivity index (χ4n) is 3.19. The Kier molecular flexibility index (Phi) is 3.48. The van der Waals surface area contributed by atoms with Crippen molar-refractivity contribution in [3.05, 3.63) is 0 Å². The maximum absolute atomic E-state index is 12.6. The monoisotopic (exact) mass is 238 g/mol. The summed E-state index contributed by atoms with van der Waals surface area (Å²) in [5.74, 6) is 0.804. The van der Waals surface area contributed by atoms with Gasteiger partial charge in [-0.05, 0) is 32.1 Å². The molecule has 2 fully saturated rings. The topological polar surface area (TPSA) is 32.3 Å². The quantitative estimate of drug-likeness (QED) is 0.819. The van der Waals surface area contributed by atoms with E-state index >= 15 is 0 Å². The molecule has 0 aromatic rings. The number of nitrogens with zero attached hydrogens (tertiary/aromatic N) is 1. The van der Waals surface area contributed by atoms with E-state index in [1.54, 1.807) is 0 Å². The van der Waals surface area contributed by atoms with E-state index in [0.717, 1.165) is 6.42 Å². The lowest BCUT2D eigenvalue weighted by Crippen LogP contribution is -2.46. The molecule has 1 amide bonds. The molecule has 0 bridgehead atoms. The number of nitrogens with one attached hydrogen (secondary N) is 1. The van der Waals surface area contributed by atoms with Crippen LogP contribution in [0.3, 0.4) is 0 Å². The molecule has 2 unspecified atom stereocenters. The van der Waals surface area contributed by atoms with Crippen LogP contribution in [0.25, 0.3) is 0 Å². The van der Waals surface area contributed by atoms with E-state index in [4.69, 9.17) is 0 Å². The lowest BCUT2D eigenvalue weighted by atomic mass is 9.99. The Morgan fingerprint density at radius 1 is 1.41 bits per heavy atom. The van der Waals surface area contributed by atoms with Crippen molar-refractivity contribution >= 4 is 5.91 Å². The molecule has 0 aromatic carbocycles. The lowest BCUT2D eigenvalue weighted by Gasteiger charge is -2.32. The molecule has 3 heteroatoms. The summed E-state index contributed by atoms with van der Waals surface area (Å²) >= 11 is 0. The molecule has 1 heterocycles. The van der Waals surface area contributed by atoms with E-state index in [0.29, 0.717) is 17.9 Å². The maximum Gasteiger partial charge on any atom is 0.244 e. The van der Waals surface area contributed by atoms with Gasteiger partial charge in [0.1, 0.15) is 0 Å². The summed E-state index contributed by atoms with van der Waals surface area (Å²) in [6.45, 7) is 8.56. The highest BCUT2D eigenvalue weighted by Crippen LogP contribution is 2.34. The van der Waals surface area contributed by atoms with Crippen LogP contribution in [0.2, 0.25) is 0 Å². The number of amides is 1. The third kappa shape index (κ3) is 2.10. The van der Waals surface area contributed by atoms with Gasteiger partial charge < -0.3 is 4.90 Å². The lowest BCUT2D eigenvalue weighted by molar-refractivity contribution is -0.135. The normalized spacial score (nSPS) is 35.2. The van der Waals surface area contributed by atoms with Crippen LogP contribution in [0.15, 0.2) is 0 Å². The van der Waals surface area contributed by atoms with E-state index in [1.807, 2.05) is 0 Å². The van der Waals surface area contributed by atoms with Crippen molar-refractivity contribution in [1.29, 1.82) is 0 Å². The average molecular weight is 238 g/mol. The zero-order chi connectivity index (χ0) is 12.6. The molecule has 3 nitrogen and oxygen atoms in total. The van der Waals surface area contributed by atoms with Crippen molar-refractivity contribution in [3.8, 4) is 0 Å². The van der Waals surface area contributed by atoms with Gasteiger partial charge in [-0.15, -0.1) is 0 Å². The van der Waals surface area contributed by atoms with Gasteiger partial charge in [-0.25, -0.2) is 0 Å². The Hall–Kier alpha value is -0.570. The molecule has 98 valence electrons. The van der Waals surface area contributed by atoms with Gasteiger partial charge in [-0.1, -0.05) is 33.6 Å². The van der Waals surface area contributed by atoms with E-state index in [1.165, 1.54) is 25.7 Å². The van der Waals surface area contributed by atoms with Crippen LogP contribution in [0, 0.1) is 5.92 Å². The standard InChI is InChI=1S/C14H26N2O/c1-5-14(4)13(17)16(11-8-6-7-9-11)12(15-14)10(2)3/h10-12,15H,5-9H2,1-4H3. The van der Waals surface area contributed by atoms with Crippen LogP contribution in [0.5, 0.6) is 0 Å². The number of hydrogen-bond donors (Lipinski definition) is 1. The van der Waals surface area contributed by atoms with Crippen LogP contribution in [-0.4, -0.2) is 28.6 Å². The van der Waals surface area contributed by atoms with E-state index in [-0.39, 0.29) is 11.7 Å². The number of carbonyl (C=O) groups excluding carboxylic acids is 1. The van der Waals surface area contributed by atoms with Gasteiger partial charge in [0.15, 0.2) is 0 Å². The molecule has 1 saturated heterocycles. The van der Waals surface area contributed by atoms with Crippen molar-refractivity contribution in [3.63, 3.8) is 0 Å². The SMILES string of the molecule is CCC1(C)NC(C(C)C)N(C2CCCC2)C1=O. The first-order chi connectivity index (χ1) is 7.99. The molecule has 0 spiro atoms. The van der Waals surface area contributed by atoms with Gasteiger partial charge in [0, 0.05) is 6.04 Å². The van der Waals surface area contributed by atoms with Crippen LogP contribution in [0.4, 0.5) is 0 Å². The zero-order valence-corrected chi connectivity index (χ0v) is 11.6. The number of hydrogen-bond acceptors (Lipinski definition) is 2. The first-order valence-corrected chi connectivity index (χ1v) is 7.10. The van der Waals surface area contributed by atoms with Crippen molar-refractivity contribution in [1.82, 2.24) is 10.2 Å². The molecule has 17 heavy (non-hydrogen) atoms. The highest BCUT2D eigenvalue weighted by molar-refractivity contribution is 5.88. The summed E-state index contributed by atoms with van der Waals surface area (Å²) in [5.41, 5.74) is -0.336. The van der Waals surface area contributed by atoms with Crippen molar-refractivity contribution in [2.45, 2.75) is 77.5 Å². The predicted molar refractivity (Wildman–Crippen MR) is 69.6 cm³/mol. The second-order valence-corrected chi connectivity index (χ2v) is 6.17. The van der Waals surface area contributed by atoms with Gasteiger partial charge in [-0.2, -0.15) is 0 Å². The van der Waals surface area contributed by atoms with Crippen LogP contribution in [-0.2, 0) is 4.79 Å². The summed E-state index contributed by atoms with van der Waals surface area (Å²) < 4.78 is 0. The number of carbonyl (C=O) groups is 1. The third-order valence-corrected chi connectivity index (χ3v) is 4.53. The van der Waals surface area contributed by atoms with Gasteiger partial charge >= 0.3 is 0 Å². The highest BCUT2D eigenvalue weighted by Gasteiger charge is 2.50. The van der Waals surface area contributed by atoms with Crippen LogP contribution < -0.4 is 5.32 Å². The molecule has 2 rings (SSSR count). The Bertz CT molecular complexity index is 297. The van der Waals surface area contributed by atoms with Crippen molar-refractivity contribution < 1.29 is 4.79 Å². The van der Waals surface area contributed by atoms with Gasteiger partial charge in [0.05, 0.1) is 11.7 Å². The molecule has 0 aromatic heterocycles. The first kappa shape index (κ1) is 12.9. The van der Waals surface area contributed by atoms with Crippen molar-refractivity contribution in [2.24, 2.45) is 5.92 Å². The van der Waals surface area contributed by atoms with Crippen molar-refractivity contribution in [2.75, 3.05) is 0 Å². The average Bonchev–Trinajstić information content (AvgIpc) is 2.87. The first-order valence-electron chi connectivity index (χ1n) is 7.10. The van der Waals surface area contributed by atoms with E-state index in [2.05, 4.69) is 37.9 Å². The molecule has 2 aliphatic rings. The minimum absolute atomic E-state index is 0.232. The maximum atomic E-state index is 12.6. The minimum Gasteiger partial charge on any atom is -0.322 e. The highest BCUT2D eigenvalue weighted by atomic mass is 16.2. The van der Waals surface area contributed by atoms with Gasteiger partial charge in [0.25, 0.3) is 0 Å². The molecular weight excluding hydrogens is 212 g/mol. The largest absolute Gasteiger partial charge is 0.322 e. The van der Waals surface area contributed by atoms with Gasteiger partial charge in [0.2, 0.25) is 5.91 Å². The summed E-state index contributed by atoms with van der Waals surface area (Å²) in [5, 5.41) is 3.57. The summed E-state index contributed by atoms with van der Waals surface area (Å²) in [6, 6.07) is 0.482. The van der Waals surface area contributed by atoms with E-state index in [9.17, 15) is 4.79 Å². The number of rotatable bonds is 3. The Morgan fingerprint density at radius 3 is 2.47 bits per heavy atom. The van der Waals surface area contributed by atoms with Crippen LogP contribution >= 0.6 is 0 Å². The molecular formula is C14H26N2O. The van der Waals surface area contributed by atoms with E-state index < -0.39 is 0 Å². The fraction of sp³-hybridized carbons (Fsp3) is 0.929. The summed E-state index contributed by atoms with van der Waals surface area (Å²) in [7, 11) is 0. The molecule has 1 N–H and O–H groups in total. The molecule has 1 aliphatic carbocycles. The second kappa shape index (κ2) is 4.60. The molecule has 2 atom stereocenters. The summed E-state index contributed by atoms with van der Waals surface area (Å²) in [6.07, 6.45) is 6.05. The smallest absolute Gasteiger partial charge is 0.244 e. The zero-order valence-electron chi connectivity index (χ0n) is 11.6. The Morgan fingerprint density at radius 2 is 2.00 bits per heavy atom.